The Bertz CT molecular complexity index is 603. The third-order valence-electron chi connectivity index (χ3n) is 2.83. The molecule has 0 unspecified atom stereocenters. The summed E-state index contributed by atoms with van der Waals surface area (Å²) in [5.41, 5.74) is 6.39. The molecule has 0 atom stereocenters. The molecule has 0 radical (unpaired) electrons. The first-order valence-corrected chi connectivity index (χ1v) is 6.17. The molecule has 0 aliphatic rings. The van der Waals surface area contributed by atoms with Crippen molar-refractivity contribution in [2.75, 3.05) is 17.2 Å². The first kappa shape index (κ1) is 13.7. The molecule has 2 heterocycles. The minimum Gasteiger partial charge on any atom is -0.384 e. The number of nitrogen functional groups attached to an aromatic ring is 1. The van der Waals surface area contributed by atoms with Gasteiger partial charge in [-0.25, -0.2) is 4.98 Å². The molecule has 0 spiro atoms. The summed E-state index contributed by atoms with van der Waals surface area (Å²) >= 11 is 0. The van der Waals surface area contributed by atoms with Gasteiger partial charge in [0.05, 0.1) is 17.2 Å². The van der Waals surface area contributed by atoms with Crippen LogP contribution in [0, 0.1) is 10.1 Å². The molecule has 20 heavy (non-hydrogen) atoms. The highest BCUT2D eigenvalue weighted by Crippen LogP contribution is 2.27. The van der Waals surface area contributed by atoms with Crippen molar-refractivity contribution in [3.63, 3.8) is 0 Å². The van der Waals surface area contributed by atoms with Crippen LogP contribution in [0.1, 0.15) is 12.6 Å². The fourth-order valence-corrected chi connectivity index (χ4v) is 1.85. The van der Waals surface area contributed by atoms with Crippen molar-refractivity contribution in [1.29, 1.82) is 0 Å². The predicted molar refractivity (Wildman–Crippen MR) is 76.3 cm³/mol. The lowest BCUT2D eigenvalue weighted by atomic mass is 10.3. The molecule has 0 aromatic carbocycles. The van der Waals surface area contributed by atoms with Gasteiger partial charge in [-0.15, -0.1) is 0 Å². The van der Waals surface area contributed by atoms with Gasteiger partial charge >= 0.3 is 5.69 Å². The topological polar surface area (TPSA) is 98.2 Å². The molecular weight excluding hydrogens is 258 g/mol. The summed E-state index contributed by atoms with van der Waals surface area (Å²) in [4.78, 5) is 20.7. The van der Waals surface area contributed by atoms with E-state index in [1.165, 1.54) is 12.1 Å². The van der Waals surface area contributed by atoms with Gasteiger partial charge < -0.3 is 10.6 Å². The summed E-state index contributed by atoms with van der Waals surface area (Å²) in [5.74, 6) is 0.522. The van der Waals surface area contributed by atoms with E-state index in [1.54, 1.807) is 11.1 Å². The van der Waals surface area contributed by atoms with E-state index in [-0.39, 0.29) is 17.3 Å². The monoisotopic (exact) mass is 273 g/mol. The van der Waals surface area contributed by atoms with E-state index < -0.39 is 4.92 Å². The molecule has 0 aliphatic carbocycles. The van der Waals surface area contributed by atoms with Crippen LogP contribution in [-0.4, -0.2) is 21.4 Å². The summed E-state index contributed by atoms with van der Waals surface area (Å²) < 4.78 is 0. The molecule has 2 rings (SSSR count). The van der Waals surface area contributed by atoms with Gasteiger partial charge in [-0.1, -0.05) is 6.07 Å². The normalized spacial score (nSPS) is 10.2. The summed E-state index contributed by atoms with van der Waals surface area (Å²) in [5, 5.41) is 11.1. The number of nitrogens with two attached hydrogens (primary N) is 1. The Morgan fingerprint density at radius 1 is 1.35 bits per heavy atom. The molecule has 2 aromatic rings. The van der Waals surface area contributed by atoms with Gasteiger partial charge in [0.25, 0.3) is 0 Å². The first-order chi connectivity index (χ1) is 9.61. The minimum atomic E-state index is -0.456. The van der Waals surface area contributed by atoms with Gasteiger partial charge in [-0.05, 0) is 25.1 Å². The van der Waals surface area contributed by atoms with Crippen molar-refractivity contribution in [1.82, 2.24) is 9.97 Å². The van der Waals surface area contributed by atoms with Crippen LogP contribution in [0.2, 0.25) is 0 Å². The van der Waals surface area contributed by atoms with E-state index in [4.69, 9.17) is 5.73 Å². The SMILES string of the molecule is CCN(Cc1ccccn1)c1nc(N)ccc1[N+](=O)[O-]. The molecule has 0 saturated carbocycles. The lowest BCUT2D eigenvalue weighted by molar-refractivity contribution is -0.384. The Kier molecular flexibility index (Phi) is 4.09. The van der Waals surface area contributed by atoms with E-state index >= 15 is 0 Å². The van der Waals surface area contributed by atoms with Gasteiger partial charge in [-0.3, -0.25) is 15.1 Å². The zero-order chi connectivity index (χ0) is 14.5. The lowest BCUT2D eigenvalue weighted by Gasteiger charge is -2.21. The summed E-state index contributed by atoms with van der Waals surface area (Å²) in [6, 6.07) is 8.36. The van der Waals surface area contributed by atoms with Gasteiger partial charge in [-0.2, -0.15) is 0 Å². The molecule has 104 valence electrons. The number of hydrogen-bond acceptors (Lipinski definition) is 6. The molecule has 0 amide bonds. The smallest absolute Gasteiger partial charge is 0.311 e. The quantitative estimate of drug-likeness (QED) is 0.660. The minimum absolute atomic E-state index is 0.0584. The fraction of sp³-hybridized carbons (Fsp3) is 0.231. The second kappa shape index (κ2) is 5.96. The molecule has 0 fully saturated rings. The zero-order valence-corrected chi connectivity index (χ0v) is 11.1. The number of anilines is 2. The largest absolute Gasteiger partial charge is 0.384 e. The van der Waals surface area contributed by atoms with Crippen LogP contribution in [0.3, 0.4) is 0 Å². The molecule has 7 nitrogen and oxygen atoms in total. The maximum Gasteiger partial charge on any atom is 0.311 e. The Labute approximate surface area is 116 Å². The van der Waals surface area contributed by atoms with E-state index in [2.05, 4.69) is 9.97 Å². The van der Waals surface area contributed by atoms with Crippen LogP contribution in [0.25, 0.3) is 0 Å². The zero-order valence-electron chi connectivity index (χ0n) is 11.1. The van der Waals surface area contributed by atoms with Crippen molar-refractivity contribution >= 4 is 17.3 Å². The van der Waals surface area contributed by atoms with Crippen molar-refractivity contribution in [3.05, 3.63) is 52.3 Å². The van der Waals surface area contributed by atoms with Crippen LogP contribution in [0.15, 0.2) is 36.5 Å². The number of rotatable bonds is 5. The van der Waals surface area contributed by atoms with Crippen LogP contribution < -0.4 is 10.6 Å². The van der Waals surface area contributed by atoms with Crippen molar-refractivity contribution in [2.45, 2.75) is 13.5 Å². The number of aromatic nitrogens is 2. The van der Waals surface area contributed by atoms with E-state index in [1.807, 2.05) is 25.1 Å². The molecule has 2 aromatic heterocycles. The lowest BCUT2D eigenvalue weighted by Crippen LogP contribution is -2.24. The number of pyridine rings is 2. The second-order valence-corrected chi connectivity index (χ2v) is 4.17. The average molecular weight is 273 g/mol. The highest BCUT2D eigenvalue weighted by atomic mass is 16.6. The molecule has 2 N–H and O–H groups in total. The standard InChI is InChI=1S/C13H15N5O2/c1-2-17(9-10-5-3-4-8-15-10)13-11(18(19)20)6-7-12(14)16-13/h3-8H,2,9H2,1H3,(H2,14,16). The van der Waals surface area contributed by atoms with Gasteiger partial charge in [0.15, 0.2) is 0 Å². The third kappa shape index (κ3) is 3.00. The highest BCUT2D eigenvalue weighted by molar-refractivity contribution is 5.61. The van der Waals surface area contributed by atoms with E-state index in [9.17, 15) is 10.1 Å². The maximum atomic E-state index is 11.1. The van der Waals surface area contributed by atoms with Crippen LogP contribution in [0.4, 0.5) is 17.3 Å². The molecule has 0 saturated heterocycles. The van der Waals surface area contributed by atoms with Gasteiger partial charge in [0.2, 0.25) is 5.82 Å². The fourth-order valence-electron chi connectivity index (χ4n) is 1.85. The predicted octanol–water partition coefficient (Wildman–Crippen LogP) is 1.99. The summed E-state index contributed by atoms with van der Waals surface area (Å²) in [6.07, 6.45) is 1.68. The average Bonchev–Trinajstić information content (AvgIpc) is 2.45. The Morgan fingerprint density at radius 2 is 2.15 bits per heavy atom. The Morgan fingerprint density at radius 3 is 2.75 bits per heavy atom. The van der Waals surface area contributed by atoms with E-state index in [0.717, 1.165) is 5.69 Å². The molecule has 0 aliphatic heterocycles. The van der Waals surface area contributed by atoms with E-state index in [0.29, 0.717) is 13.1 Å². The maximum absolute atomic E-state index is 11.1. The Balaban J connectivity index is 2.36. The summed E-state index contributed by atoms with van der Waals surface area (Å²) in [6.45, 7) is 2.90. The Hall–Kier alpha value is -2.70. The number of hydrogen-bond donors (Lipinski definition) is 1. The van der Waals surface area contributed by atoms with Crippen molar-refractivity contribution in [3.8, 4) is 0 Å². The second-order valence-electron chi connectivity index (χ2n) is 4.17. The van der Waals surface area contributed by atoms with Gasteiger partial charge in [0, 0.05) is 18.8 Å². The first-order valence-electron chi connectivity index (χ1n) is 6.17. The van der Waals surface area contributed by atoms with Crippen LogP contribution in [-0.2, 0) is 6.54 Å². The van der Waals surface area contributed by atoms with Crippen molar-refractivity contribution in [2.24, 2.45) is 0 Å². The summed E-state index contributed by atoms with van der Waals surface area (Å²) in [7, 11) is 0. The van der Waals surface area contributed by atoms with Crippen LogP contribution >= 0.6 is 0 Å². The third-order valence-corrected chi connectivity index (χ3v) is 2.83. The van der Waals surface area contributed by atoms with Crippen molar-refractivity contribution < 1.29 is 4.92 Å². The number of nitrogens with zero attached hydrogens (tertiary/aromatic N) is 4. The highest BCUT2D eigenvalue weighted by Gasteiger charge is 2.21. The molecule has 0 bridgehead atoms. The molecule has 7 heteroatoms. The van der Waals surface area contributed by atoms with Gasteiger partial charge in [0.1, 0.15) is 5.82 Å². The molecular formula is C13H15N5O2. The number of nitro groups is 1. The van der Waals surface area contributed by atoms with Crippen LogP contribution in [0.5, 0.6) is 0 Å².